The Labute approximate surface area is 107 Å². The van der Waals surface area contributed by atoms with Gasteiger partial charge in [0.2, 0.25) is 0 Å². The summed E-state index contributed by atoms with van der Waals surface area (Å²) in [6, 6.07) is -0.919. The Hall–Kier alpha value is -1.30. The highest BCUT2D eigenvalue weighted by atomic mass is 16.5. The van der Waals surface area contributed by atoms with Crippen molar-refractivity contribution in [2.75, 3.05) is 7.11 Å². The molecule has 0 saturated carbocycles. The molecule has 6 nitrogen and oxygen atoms in total. The number of carbonyl (C=O) groups excluding carboxylic acids is 1. The lowest BCUT2D eigenvalue weighted by molar-refractivity contribution is -0.143. The number of alkyl carbamates (subject to hydrolysis) is 1. The SMILES string of the molecule is CC[C@@H]1C[C@@H]([C@@H](NC(=O)OC)C(=O)O)C[C@@H](C)O1. The van der Waals surface area contributed by atoms with Gasteiger partial charge in [0.05, 0.1) is 19.3 Å². The third kappa shape index (κ3) is 3.87. The number of ether oxygens (including phenoxy) is 2. The minimum absolute atomic E-state index is 0.00926. The van der Waals surface area contributed by atoms with Crippen molar-refractivity contribution in [2.24, 2.45) is 5.92 Å². The number of carboxylic acid groups (broad SMARTS) is 1. The Morgan fingerprint density at radius 1 is 1.50 bits per heavy atom. The second-order valence-corrected chi connectivity index (χ2v) is 4.66. The maximum atomic E-state index is 11.2. The molecule has 1 fully saturated rings. The zero-order valence-electron chi connectivity index (χ0n) is 11.0. The zero-order chi connectivity index (χ0) is 13.7. The van der Waals surface area contributed by atoms with Gasteiger partial charge in [-0.3, -0.25) is 0 Å². The van der Waals surface area contributed by atoms with Crippen LogP contribution in [0.4, 0.5) is 4.79 Å². The molecule has 1 rings (SSSR count). The van der Waals surface area contributed by atoms with Gasteiger partial charge in [-0.1, -0.05) is 6.92 Å². The Morgan fingerprint density at radius 2 is 2.17 bits per heavy atom. The van der Waals surface area contributed by atoms with Gasteiger partial charge in [-0.25, -0.2) is 9.59 Å². The molecule has 18 heavy (non-hydrogen) atoms. The summed E-state index contributed by atoms with van der Waals surface area (Å²) < 4.78 is 10.1. The first-order chi connectivity index (χ1) is 8.47. The van der Waals surface area contributed by atoms with Gasteiger partial charge in [-0.05, 0) is 32.1 Å². The van der Waals surface area contributed by atoms with Gasteiger partial charge in [0.25, 0.3) is 0 Å². The number of carbonyl (C=O) groups is 2. The molecule has 0 unspecified atom stereocenters. The van der Waals surface area contributed by atoms with Crippen molar-refractivity contribution in [3.05, 3.63) is 0 Å². The molecule has 1 saturated heterocycles. The molecule has 1 aliphatic heterocycles. The zero-order valence-corrected chi connectivity index (χ0v) is 11.0. The minimum atomic E-state index is -1.03. The van der Waals surface area contributed by atoms with Crippen molar-refractivity contribution in [1.82, 2.24) is 5.32 Å². The molecule has 0 aromatic heterocycles. The number of amides is 1. The second-order valence-electron chi connectivity index (χ2n) is 4.66. The van der Waals surface area contributed by atoms with Crippen LogP contribution >= 0.6 is 0 Å². The predicted octanol–water partition coefficient (Wildman–Crippen LogP) is 1.39. The van der Waals surface area contributed by atoms with E-state index in [1.165, 1.54) is 7.11 Å². The quantitative estimate of drug-likeness (QED) is 0.797. The summed E-state index contributed by atoms with van der Waals surface area (Å²) in [7, 11) is 1.22. The Bertz CT molecular complexity index is 307. The third-order valence-corrected chi connectivity index (χ3v) is 3.28. The fraction of sp³-hybridized carbons (Fsp3) is 0.833. The van der Waals surface area contributed by atoms with E-state index in [-0.39, 0.29) is 18.1 Å². The van der Waals surface area contributed by atoms with Crippen LogP contribution in [0.15, 0.2) is 0 Å². The summed E-state index contributed by atoms with van der Waals surface area (Å²) in [5.41, 5.74) is 0. The third-order valence-electron chi connectivity index (χ3n) is 3.28. The van der Waals surface area contributed by atoms with Gasteiger partial charge < -0.3 is 19.9 Å². The summed E-state index contributed by atoms with van der Waals surface area (Å²) in [6.45, 7) is 3.93. The van der Waals surface area contributed by atoms with Crippen LogP contribution in [0, 0.1) is 5.92 Å². The summed E-state index contributed by atoms with van der Waals surface area (Å²) in [5.74, 6) is -1.16. The van der Waals surface area contributed by atoms with Gasteiger partial charge in [0, 0.05) is 0 Å². The molecule has 0 aliphatic carbocycles. The maximum Gasteiger partial charge on any atom is 0.407 e. The lowest BCUT2D eigenvalue weighted by Crippen LogP contribution is -2.49. The maximum absolute atomic E-state index is 11.2. The number of rotatable bonds is 4. The predicted molar refractivity (Wildman–Crippen MR) is 64.3 cm³/mol. The van der Waals surface area contributed by atoms with Gasteiger partial charge in [0.15, 0.2) is 0 Å². The normalized spacial score (nSPS) is 29.4. The molecule has 2 N–H and O–H groups in total. The summed E-state index contributed by atoms with van der Waals surface area (Å²) in [6.07, 6.45) is 1.45. The standard InChI is InChI=1S/C12H21NO5/c1-4-9-6-8(5-7(2)18-9)10(11(14)15)13-12(16)17-3/h7-10H,4-6H2,1-3H3,(H,13,16)(H,14,15)/t7-,8+,9-,10-/m1/s1. The molecule has 0 radical (unpaired) electrons. The smallest absolute Gasteiger partial charge is 0.407 e. The highest BCUT2D eigenvalue weighted by molar-refractivity contribution is 5.80. The van der Waals surface area contributed by atoms with Crippen LogP contribution in [0.5, 0.6) is 0 Å². The Kier molecular flexibility index (Phi) is 5.40. The highest BCUT2D eigenvalue weighted by Crippen LogP contribution is 2.29. The number of methoxy groups -OCH3 is 1. The molecule has 4 atom stereocenters. The van der Waals surface area contributed by atoms with E-state index in [2.05, 4.69) is 10.1 Å². The lowest BCUT2D eigenvalue weighted by atomic mass is 9.85. The molecule has 0 spiro atoms. The number of hydrogen-bond acceptors (Lipinski definition) is 4. The number of hydrogen-bond donors (Lipinski definition) is 2. The largest absolute Gasteiger partial charge is 0.480 e. The summed E-state index contributed by atoms with van der Waals surface area (Å²) >= 11 is 0. The molecule has 0 aromatic carbocycles. The van der Waals surface area contributed by atoms with Crippen LogP contribution in [-0.2, 0) is 14.3 Å². The number of nitrogens with one attached hydrogen (secondary N) is 1. The van der Waals surface area contributed by atoms with E-state index in [1.54, 1.807) is 0 Å². The minimum Gasteiger partial charge on any atom is -0.480 e. The Balaban J connectivity index is 2.72. The van der Waals surface area contributed by atoms with Crippen LogP contribution in [0.25, 0.3) is 0 Å². The first kappa shape index (κ1) is 14.8. The van der Waals surface area contributed by atoms with Crippen LogP contribution in [0.3, 0.4) is 0 Å². The van der Waals surface area contributed by atoms with E-state index >= 15 is 0 Å². The van der Waals surface area contributed by atoms with Crippen molar-refractivity contribution in [1.29, 1.82) is 0 Å². The molecule has 104 valence electrons. The van der Waals surface area contributed by atoms with Crippen molar-refractivity contribution in [2.45, 2.75) is 51.4 Å². The average Bonchev–Trinajstić information content (AvgIpc) is 2.34. The molecule has 1 heterocycles. The van der Waals surface area contributed by atoms with Gasteiger partial charge in [-0.15, -0.1) is 0 Å². The van der Waals surface area contributed by atoms with Gasteiger partial charge >= 0.3 is 12.1 Å². The lowest BCUT2D eigenvalue weighted by Gasteiger charge is -2.36. The summed E-state index contributed by atoms with van der Waals surface area (Å²) in [5, 5.41) is 11.6. The van der Waals surface area contributed by atoms with E-state index < -0.39 is 18.1 Å². The van der Waals surface area contributed by atoms with Crippen molar-refractivity contribution < 1.29 is 24.2 Å². The van der Waals surface area contributed by atoms with Crippen molar-refractivity contribution >= 4 is 12.1 Å². The van der Waals surface area contributed by atoms with Crippen LogP contribution in [0.2, 0.25) is 0 Å². The molecule has 1 amide bonds. The fourth-order valence-electron chi connectivity index (χ4n) is 2.40. The summed E-state index contributed by atoms with van der Waals surface area (Å²) in [4.78, 5) is 22.4. The monoisotopic (exact) mass is 259 g/mol. The van der Waals surface area contributed by atoms with E-state index in [9.17, 15) is 14.7 Å². The Morgan fingerprint density at radius 3 is 2.67 bits per heavy atom. The van der Waals surface area contributed by atoms with Gasteiger partial charge in [-0.2, -0.15) is 0 Å². The first-order valence-corrected chi connectivity index (χ1v) is 6.20. The molecular weight excluding hydrogens is 238 g/mol. The molecular formula is C12H21NO5. The number of aliphatic carboxylic acids is 1. The topological polar surface area (TPSA) is 84.9 Å². The van der Waals surface area contributed by atoms with Crippen LogP contribution < -0.4 is 5.32 Å². The molecule has 0 aromatic rings. The van der Waals surface area contributed by atoms with Crippen molar-refractivity contribution in [3.8, 4) is 0 Å². The highest BCUT2D eigenvalue weighted by Gasteiger charge is 2.36. The van der Waals surface area contributed by atoms with Crippen LogP contribution in [-0.4, -0.2) is 42.5 Å². The van der Waals surface area contributed by atoms with Crippen molar-refractivity contribution in [3.63, 3.8) is 0 Å². The molecule has 1 aliphatic rings. The van der Waals surface area contributed by atoms with Crippen LogP contribution in [0.1, 0.15) is 33.1 Å². The van der Waals surface area contributed by atoms with E-state index in [4.69, 9.17) is 4.74 Å². The first-order valence-electron chi connectivity index (χ1n) is 6.20. The molecule has 6 heteroatoms. The fourth-order valence-corrected chi connectivity index (χ4v) is 2.40. The van der Waals surface area contributed by atoms with E-state index in [0.717, 1.165) is 6.42 Å². The van der Waals surface area contributed by atoms with E-state index in [1.807, 2.05) is 13.8 Å². The molecule has 0 bridgehead atoms. The average molecular weight is 259 g/mol. The van der Waals surface area contributed by atoms with E-state index in [0.29, 0.717) is 12.8 Å². The van der Waals surface area contributed by atoms with Gasteiger partial charge in [0.1, 0.15) is 6.04 Å². The number of carboxylic acids is 1. The second kappa shape index (κ2) is 6.58.